The Morgan fingerprint density at radius 1 is 1.17 bits per heavy atom. The molecule has 1 N–H and O–H groups in total. The molecule has 2 heterocycles. The van der Waals surface area contributed by atoms with Crippen LogP contribution in [0.2, 0.25) is 5.02 Å². The molecule has 0 saturated heterocycles. The van der Waals surface area contributed by atoms with Gasteiger partial charge in [-0.15, -0.1) is 0 Å². The van der Waals surface area contributed by atoms with Crippen molar-refractivity contribution in [3.63, 3.8) is 0 Å². The van der Waals surface area contributed by atoms with Crippen LogP contribution in [0, 0.1) is 0 Å². The maximum absolute atomic E-state index is 6.20. The van der Waals surface area contributed by atoms with Gasteiger partial charge in [-0.25, -0.2) is 4.57 Å². The largest absolute Gasteiger partial charge is 0.497 e. The van der Waals surface area contributed by atoms with E-state index in [1.807, 2.05) is 31.3 Å². The number of thioether (sulfide) groups is 1. The highest BCUT2D eigenvalue weighted by molar-refractivity contribution is 8.03. The summed E-state index contributed by atoms with van der Waals surface area (Å²) in [6.45, 7) is 0. The Bertz CT molecular complexity index is 985. The summed E-state index contributed by atoms with van der Waals surface area (Å²) in [5, 5.41) is 6.43. The molecule has 0 atom stereocenters. The Hall–Kier alpha value is -2.17. The number of hydrogen-bond acceptors (Lipinski definition) is 3. The fourth-order valence-electron chi connectivity index (χ4n) is 2.84. The van der Waals surface area contributed by atoms with Gasteiger partial charge >= 0.3 is 0 Å². The van der Waals surface area contributed by atoms with Gasteiger partial charge in [-0.2, -0.15) is 0 Å². The molecule has 0 amide bonds. The van der Waals surface area contributed by atoms with E-state index >= 15 is 0 Å². The number of halogens is 1. The molecule has 3 nitrogen and oxygen atoms in total. The van der Waals surface area contributed by atoms with Crippen LogP contribution in [-0.4, -0.2) is 7.11 Å². The number of nitrogens with zero attached hydrogens (tertiary/aromatic N) is 1. The van der Waals surface area contributed by atoms with Crippen LogP contribution in [0.15, 0.2) is 58.6 Å². The van der Waals surface area contributed by atoms with Gasteiger partial charge in [0.15, 0.2) is 6.20 Å². The summed E-state index contributed by atoms with van der Waals surface area (Å²) in [6.07, 6.45) is 4.23. The van der Waals surface area contributed by atoms with Crippen LogP contribution in [0.25, 0.3) is 17.0 Å². The van der Waals surface area contributed by atoms with Crippen molar-refractivity contribution in [1.82, 2.24) is 0 Å². The number of ether oxygens (including phenoxy) is 1. The van der Waals surface area contributed by atoms with Gasteiger partial charge in [-0.1, -0.05) is 23.4 Å². The van der Waals surface area contributed by atoms with Gasteiger partial charge in [0, 0.05) is 28.1 Å². The molecule has 5 heteroatoms. The molecule has 0 unspecified atom stereocenters. The molecule has 24 heavy (non-hydrogen) atoms. The van der Waals surface area contributed by atoms with Crippen LogP contribution < -0.4 is 14.6 Å². The van der Waals surface area contributed by atoms with E-state index in [1.54, 1.807) is 18.9 Å². The molecule has 1 aliphatic heterocycles. The molecule has 0 aliphatic carbocycles. The van der Waals surface area contributed by atoms with Crippen LogP contribution in [-0.2, 0) is 7.05 Å². The van der Waals surface area contributed by atoms with Gasteiger partial charge in [0.25, 0.3) is 0 Å². The van der Waals surface area contributed by atoms with Gasteiger partial charge in [0.05, 0.1) is 23.2 Å². The van der Waals surface area contributed by atoms with Gasteiger partial charge in [-0.3, -0.25) is 0 Å². The first-order chi connectivity index (χ1) is 11.6. The third-order valence-electron chi connectivity index (χ3n) is 4.08. The molecule has 1 aromatic heterocycles. The summed E-state index contributed by atoms with van der Waals surface area (Å²) in [7, 11) is 3.72. The maximum Gasteiger partial charge on any atom is 0.212 e. The highest BCUT2D eigenvalue weighted by Crippen LogP contribution is 2.43. The summed E-state index contributed by atoms with van der Waals surface area (Å²) < 4.78 is 7.39. The molecule has 0 radical (unpaired) electrons. The molecule has 2 aromatic carbocycles. The minimum absolute atomic E-state index is 0.744. The lowest BCUT2D eigenvalue weighted by Crippen LogP contribution is -2.28. The highest BCUT2D eigenvalue weighted by Gasteiger charge is 2.17. The van der Waals surface area contributed by atoms with Crippen LogP contribution in [0.3, 0.4) is 0 Å². The first-order valence-electron chi connectivity index (χ1n) is 7.56. The topological polar surface area (TPSA) is 25.1 Å². The standard InChI is InChI=1S/C19H15ClN2OS/c1-22-8-7-12(15-10-13(20)3-5-17(15)22)9-19-21-16-11-14(23-2)4-6-18(16)24-19/h3-11H,1-2H3/p+1. The van der Waals surface area contributed by atoms with Crippen LogP contribution >= 0.6 is 23.4 Å². The van der Waals surface area contributed by atoms with Gasteiger partial charge in [-0.05, 0) is 35.9 Å². The van der Waals surface area contributed by atoms with E-state index in [1.165, 1.54) is 4.90 Å². The Morgan fingerprint density at radius 3 is 2.88 bits per heavy atom. The first kappa shape index (κ1) is 15.4. The lowest BCUT2D eigenvalue weighted by molar-refractivity contribution is -0.644. The average Bonchev–Trinajstić information content (AvgIpc) is 2.98. The summed E-state index contributed by atoms with van der Waals surface area (Å²) in [6, 6.07) is 14.2. The number of methoxy groups -OCH3 is 1. The molecular weight excluding hydrogens is 340 g/mol. The fraction of sp³-hybridized carbons (Fsp3) is 0.105. The average molecular weight is 356 g/mol. The van der Waals surface area contributed by atoms with E-state index in [0.717, 1.165) is 38.0 Å². The SMILES string of the molecule is COc1ccc2c(c1)N/C(=C/c1cc[n+](C)c3ccc(Cl)cc13)S2. The van der Waals surface area contributed by atoms with Crippen molar-refractivity contribution in [2.45, 2.75) is 4.90 Å². The molecule has 0 spiro atoms. The number of aryl methyl sites for hydroxylation is 1. The second kappa shape index (κ2) is 6.04. The third-order valence-corrected chi connectivity index (χ3v) is 5.33. The quantitative estimate of drug-likeness (QED) is 0.666. The molecule has 0 saturated carbocycles. The summed E-state index contributed by atoms with van der Waals surface area (Å²) in [5.41, 5.74) is 3.37. The van der Waals surface area contributed by atoms with Crippen molar-refractivity contribution in [3.05, 3.63) is 64.3 Å². The number of aromatic nitrogens is 1. The minimum atomic E-state index is 0.744. The van der Waals surface area contributed by atoms with Crippen LogP contribution in [0.4, 0.5) is 5.69 Å². The fourth-order valence-corrected chi connectivity index (χ4v) is 3.95. The van der Waals surface area contributed by atoms with Crippen molar-refractivity contribution < 1.29 is 9.30 Å². The second-order valence-corrected chi connectivity index (χ2v) is 7.16. The lowest BCUT2D eigenvalue weighted by Gasteiger charge is -2.04. The zero-order chi connectivity index (χ0) is 16.7. The van der Waals surface area contributed by atoms with Crippen molar-refractivity contribution in [1.29, 1.82) is 0 Å². The monoisotopic (exact) mass is 355 g/mol. The van der Waals surface area contributed by atoms with Gasteiger partial charge in [0.1, 0.15) is 12.8 Å². The van der Waals surface area contributed by atoms with E-state index in [4.69, 9.17) is 16.3 Å². The Labute approximate surface area is 149 Å². The highest BCUT2D eigenvalue weighted by atomic mass is 35.5. The van der Waals surface area contributed by atoms with Crippen molar-refractivity contribution >= 4 is 46.0 Å². The van der Waals surface area contributed by atoms with Gasteiger partial charge < -0.3 is 10.1 Å². The van der Waals surface area contributed by atoms with E-state index in [2.05, 4.69) is 40.4 Å². The van der Waals surface area contributed by atoms with Crippen LogP contribution in [0.5, 0.6) is 5.75 Å². The number of pyridine rings is 1. The summed E-state index contributed by atoms with van der Waals surface area (Å²) >= 11 is 7.92. The molecule has 0 bridgehead atoms. The number of benzene rings is 2. The zero-order valence-electron chi connectivity index (χ0n) is 13.3. The second-order valence-electron chi connectivity index (χ2n) is 5.64. The molecule has 3 aromatic rings. The minimum Gasteiger partial charge on any atom is -0.497 e. The maximum atomic E-state index is 6.20. The summed E-state index contributed by atoms with van der Waals surface area (Å²) in [4.78, 5) is 1.20. The van der Waals surface area contributed by atoms with Gasteiger partial charge in [0.2, 0.25) is 5.52 Å². The van der Waals surface area contributed by atoms with Crippen LogP contribution in [0.1, 0.15) is 5.56 Å². The molecule has 120 valence electrons. The lowest BCUT2D eigenvalue weighted by atomic mass is 10.1. The summed E-state index contributed by atoms with van der Waals surface area (Å²) in [5.74, 6) is 0.854. The van der Waals surface area contributed by atoms with Crippen molar-refractivity contribution in [2.75, 3.05) is 12.4 Å². The predicted octanol–water partition coefficient (Wildman–Crippen LogP) is 4.84. The Kier molecular flexibility index (Phi) is 3.87. The molecule has 4 rings (SSSR count). The predicted molar refractivity (Wildman–Crippen MR) is 101 cm³/mol. The number of nitrogens with one attached hydrogen (secondary N) is 1. The van der Waals surface area contributed by atoms with E-state index in [-0.39, 0.29) is 0 Å². The number of fused-ring (bicyclic) bond motifs is 2. The normalized spacial score (nSPS) is 14.7. The van der Waals surface area contributed by atoms with Crippen molar-refractivity contribution in [2.24, 2.45) is 7.05 Å². The first-order valence-corrected chi connectivity index (χ1v) is 8.76. The third kappa shape index (κ3) is 2.72. The number of anilines is 1. The van der Waals surface area contributed by atoms with E-state index < -0.39 is 0 Å². The Balaban J connectivity index is 1.76. The number of rotatable bonds is 2. The van der Waals surface area contributed by atoms with E-state index in [9.17, 15) is 0 Å². The zero-order valence-corrected chi connectivity index (χ0v) is 14.9. The Morgan fingerprint density at radius 2 is 2.04 bits per heavy atom. The molecule has 1 aliphatic rings. The van der Waals surface area contributed by atoms with Crippen molar-refractivity contribution in [3.8, 4) is 5.75 Å². The molecular formula is C19H16ClN2OS+. The number of hydrogen-bond donors (Lipinski definition) is 1. The smallest absolute Gasteiger partial charge is 0.212 e. The van der Waals surface area contributed by atoms with E-state index in [0.29, 0.717) is 0 Å². The molecule has 0 fully saturated rings.